The van der Waals surface area contributed by atoms with Gasteiger partial charge in [0, 0.05) is 19.0 Å². The zero-order chi connectivity index (χ0) is 14.8. The number of carboxylic acids is 1. The average Bonchev–Trinajstić information content (AvgIpc) is 3.10. The molecule has 1 aliphatic carbocycles. The number of hydrogen-bond donors (Lipinski definition) is 1. The zero-order valence-electron chi connectivity index (χ0n) is 12.5. The summed E-state index contributed by atoms with van der Waals surface area (Å²) in [5.74, 6) is 0.794. The number of hydrogen-bond acceptors (Lipinski definition) is 3. The molecule has 114 valence electrons. The number of aliphatic carboxylic acids is 1. The Morgan fingerprint density at radius 2 is 2.29 bits per heavy atom. The summed E-state index contributed by atoms with van der Waals surface area (Å²) in [7, 11) is 1.71. The monoisotopic (exact) mass is 289 g/mol. The van der Waals surface area contributed by atoms with Gasteiger partial charge in [-0.2, -0.15) is 0 Å². The van der Waals surface area contributed by atoms with Crippen molar-refractivity contribution in [1.82, 2.24) is 4.90 Å². The van der Waals surface area contributed by atoms with Crippen molar-refractivity contribution in [3.63, 3.8) is 0 Å². The largest absolute Gasteiger partial charge is 0.497 e. The molecule has 21 heavy (non-hydrogen) atoms. The number of carbonyl (C=O) groups is 1. The summed E-state index contributed by atoms with van der Waals surface area (Å²) in [5, 5.41) is 8.81. The third-order valence-corrected chi connectivity index (χ3v) is 4.92. The molecule has 0 amide bonds. The van der Waals surface area contributed by atoms with Gasteiger partial charge in [-0.15, -0.1) is 0 Å². The summed E-state index contributed by atoms with van der Waals surface area (Å²) in [5.41, 5.74) is 2.85. The number of aryl methyl sites for hydroxylation is 1. The molecule has 1 saturated heterocycles. The summed E-state index contributed by atoms with van der Waals surface area (Å²) >= 11 is 0. The van der Waals surface area contributed by atoms with Gasteiger partial charge in [-0.3, -0.25) is 9.69 Å². The molecule has 0 saturated carbocycles. The van der Waals surface area contributed by atoms with Crippen LogP contribution in [0.15, 0.2) is 18.2 Å². The van der Waals surface area contributed by atoms with Crippen molar-refractivity contribution in [2.75, 3.05) is 20.2 Å². The molecule has 1 heterocycles. The highest BCUT2D eigenvalue weighted by Gasteiger charge is 2.33. The summed E-state index contributed by atoms with van der Waals surface area (Å²) < 4.78 is 5.35. The number of fused-ring (bicyclic) bond motifs is 1. The Kier molecular flexibility index (Phi) is 4.15. The van der Waals surface area contributed by atoms with Gasteiger partial charge in [0.1, 0.15) is 5.75 Å². The maximum Gasteiger partial charge on any atom is 0.303 e. The maximum absolute atomic E-state index is 10.7. The fourth-order valence-corrected chi connectivity index (χ4v) is 3.77. The Balaban J connectivity index is 1.66. The van der Waals surface area contributed by atoms with E-state index in [1.807, 2.05) is 6.07 Å². The Bertz CT molecular complexity index is 529. The fourth-order valence-electron chi connectivity index (χ4n) is 3.77. The minimum Gasteiger partial charge on any atom is -0.497 e. The highest BCUT2D eigenvalue weighted by molar-refractivity contribution is 5.66. The standard InChI is InChI=1S/C17H23NO3/c1-21-14-5-3-13-4-6-16(15(13)10-14)18-9-8-12(11-18)2-7-17(19)20/h3,5,10,12,16H,2,4,6-9,11H2,1H3,(H,19,20). The van der Waals surface area contributed by atoms with Crippen molar-refractivity contribution < 1.29 is 14.6 Å². The van der Waals surface area contributed by atoms with Gasteiger partial charge in [0.05, 0.1) is 7.11 Å². The van der Waals surface area contributed by atoms with Crippen LogP contribution in [-0.4, -0.2) is 36.2 Å². The molecule has 3 rings (SSSR count). The van der Waals surface area contributed by atoms with E-state index in [0.717, 1.165) is 38.1 Å². The van der Waals surface area contributed by atoms with Gasteiger partial charge in [-0.05, 0) is 61.4 Å². The molecule has 2 unspecified atom stereocenters. The molecule has 1 N–H and O–H groups in total. The molecular weight excluding hydrogens is 266 g/mol. The van der Waals surface area contributed by atoms with Crippen LogP contribution in [0.3, 0.4) is 0 Å². The topological polar surface area (TPSA) is 49.8 Å². The second-order valence-corrected chi connectivity index (χ2v) is 6.20. The third kappa shape index (κ3) is 3.05. The lowest BCUT2D eigenvalue weighted by Crippen LogP contribution is -2.25. The van der Waals surface area contributed by atoms with E-state index < -0.39 is 5.97 Å². The minimum atomic E-state index is -0.676. The number of benzene rings is 1. The quantitative estimate of drug-likeness (QED) is 0.905. The summed E-state index contributed by atoms with van der Waals surface area (Å²) in [4.78, 5) is 13.2. The van der Waals surface area contributed by atoms with Gasteiger partial charge >= 0.3 is 5.97 Å². The third-order valence-electron chi connectivity index (χ3n) is 4.92. The van der Waals surface area contributed by atoms with Crippen molar-refractivity contribution >= 4 is 5.97 Å². The predicted octanol–water partition coefficient (Wildman–Crippen LogP) is 2.87. The van der Waals surface area contributed by atoms with Crippen molar-refractivity contribution in [1.29, 1.82) is 0 Å². The number of rotatable bonds is 5. The van der Waals surface area contributed by atoms with Crippen molar-refractivity contribution in [2.45, 2.75) is 38.1 Å². The number of methoxy groups -OCH3 is 1. The molecule has 0 radical (unpaired) electrons. The van der Waals surface area contributed by atoms with Crippen LogP contribution in [0.5, 0.6) is 5.75 Å². The lowest BCUT2D eigenvalue weighted by molar-refractivity contribution is -0.137. The molecule has 2 aliphatic rings. The fraction of sp³-hybridized carbons (Fsp3) is 0.588. The average molecular weight is 289 g/mol. The first-order valence-electron chi connectivity index (χ1n) is 7.80. The molecule has 1 aliphatic heterocycles. The Morgan fingerprint density at radius 3 is 3.05 bits per heavy atom. The molecule has 0 aromatic heterocycles. The number of carboxylic acid groups (broad SMARTS) is 1. The number of ether oxygens (including phenoxy) is 1. The van der Waals surface area contributed by atoms with Gasteiger partial charge in [-0.25, -0.2) is 0 Å². The van der Waals surface area contributed by atoms with E-state index in [-0.39, 0.29) is 0 Å². The van der Waals surface area contributed by atoms with Crippen LogP contribution < -0.4 is 4.74 Å². The molecule has 0 bridgehead atoms. The summed E-state index contributed by atoms with van der Waals surface area (Å²) in [6.07, 6.45) is 4.55. The normalized spacial score (nSPS) is 25.0. The highest BCUT2D eigenvalue weighted by atomic mass is 16.5. The molecule has 4 heteroatoms. The Labute approximate surface area is 125 Å². The maximum atomic E-state index is 10.7. The summed E-state index contributed by atoms with van der Waals surface area (Å²) in [6.45, 7) is 2.13. The molecule has 1 aromatic rings. The van der Waals surface area contributed by atoms with E-state index in [1.54, 1.807) is 7.11 Å². The molecule has 1 aromatic carbocycles. The van der Waals surface area contributed by atoms with E-state index in [4.69, 9.17) is 9.84 Å². The second-order valence-electron chi connectivity index (χ2n) is 6.20. The van der Waals surface area contributed by atoms with Crippen LogP contribution in [0.25, 0.3) is 0 Å². The van der Waals surface area contributed by atoms with Crippen LogP contribution in [0.1, 0.15) is 42.9 Å². The smallest absolute Gasteiger partial charge is 0.303 e. The van der Waals surface area contributed by atoms with Gasteiger partial charge in [0.15, 0.2) is 0 Å². The molecule has 4 nitrogen and oxygen atoms in total. The molecule has 2 atom stereocenters. The summed E-state index contributed by atoms with van der Waals surface area (Å²) in [6, 6.07) is 6.90. The lowest BCUT2D eigenvalue weighted by atomic mass is 10.0. The van der Waals surface area contributed by atoms with Gasteiger partial charge < -0.3 is 9.84 Å². The number of likely N-dealkylation sites (tertiary alicyclic amines) is 1. The number of nitrogens with zero attached hydrogens (tertiary/aromatic N) is 1. The first-order valence-corrected chi connectivity index (χ1v) is 7.80. The van der Waals surface area contributed by atoms with E-state index in [2.05, 4.69) is 17.0 Å². The second kappa shape index (κ2) is 6.06. The lowest BCUT2D eigenvalue weighted by Gasteiger charge is -2.25. The minimum absolute atomic E-state index is 0.299. The van der Waals surface area contributed by atoms with Gasteiger partial charge in [-0.1, -0.05) is 6.07 Å². The first-order chi connectivity index (χ1) is 10.2. The van der Waals surface area contributed by atoms with Crippen LogP contribution >= 0.6 is 0 Å². The van der Waals surface area contributed by atoms with E-state index in [0.29, 0.717) is 18.4 Å². The Hall–Kier alpha value is -1.55. The highest BCUT2D eigenvalue weighted by Crippen LogP contribution is 2.40. The van der Waals surface area contributed by atoms with E-state index in [9.17, 15) is 4.79 Å². The van der Waals surface area contributed by atoms with Crippen molar-refractivity contribution in [3.05, 3.63) is 29.3 Å². The SMILES string of the molecule is COc1ccc2c(c1)C(N1CCC(CCC(=O)O)C1)CC2. The van der Waals surface area contributed by atoms with E-state index in [1.165, 1.54) is 17.5 Å². The molecule has 0 spiro atoms. The van der Waals surface area contributed by atoms with Crippen LogP contribution in [-0.2, 0) is 11.2 Å². The van der Waals surface area contributed by atoms with Crippen molar-refractivity contribution in [2.24, 2.45) is 5.92 Å². The Morgan fingerprint density at radius 1 is 1.43 bits per heavy atom. The van der Waals surface area contributed by atoms with Crippen LogP contribution in [0.2, 0.25) is 0 Å². The molecular formula is C17H23NO3. The van der Waals surface area contributed by atoms with Gasteiger partial charge in [0.25, 0.3) is 0 Å². The predicted molar refractivity (Wildman–Crippen MR) is 80.6 cm³/mol. The van der Waals surface area contributed by atoms with E-state index >= 15 is 0 Å². The van der Waals surface area contributed by atoms with Crippen LogP contribution in [0.4, 0.5) is 0 Å². The molecule has 1 fully saturated rings. The zero-order valence-corrected chi connectivity index (χ0v) is 12.5. The van der Waals surface area contributed by atoms with Crippen LogP contribution in [0, 0.1) is 5.92 Å². The van der Waals surface area contributed by atoms with Gasteiger partial charge in [0.2, 0.25) is 0 Å². The first kappa shape index (κ1) is 14.4. The van der Waals surface area contributed by atoms with Crippen molar-refractivity contribution in [3.8, 4) is 5.75 Å².